The number of anilines is 1. The molecule has 0 bridgehead atoms. The molecule has 1 fully saturated rings. The predicted molar refractivity (Wildman–Crippen MR) is 71.7 cm³/mol. The molecular formula is C14H18N2O3. The zero-order valence-corrected chi connectivity index (χ0v) is 11.1. The normalized spacial score (nSPS) is 21.2. The Morgan fingerprint density at radius 1 is 1.42 bits per heavy atom. The van der Waals surface area contributed by atoms with E-state index in [1.165, 1.54) is 0 Å². The molecule has 2 N–H and O–H groups in total. The number of benzene rings is 1. The van der Waals surface area contributed by atoms with Crippen LogP contribution in [0.1, 0.15) is 31.9 Å². The number of hydrogen-bond donors (Lipinski definition) is 2. The molecule has 2 rings (SSSR count). The molecule has 2 unspecified atom stereocenters. The van der Waals surface area contributed by atoms with Gasteiger partial charge in [-0.25, -0.2) is 0 Å². The van der Waals surface area contributed by atoms with Gasteiger partial charge < -0.3 is 10.0 Å². The van der Waals surface area contributed by atoms with Crippen LogP contribution < -0.4 is 10.2 Å². The number of aliphatic hydroxyl groups is 1. The number of amides is 2. The Bertz CT molecular complexity index is 499. The first-order valence-corrected chi connectivity index (χ1v) is 6.42. The van der Waals surface area contributed by atoms with Crippen molar-refractivity contribution in [1.29, 1.82) is 0 Å². The summed E-state index contributed by atoms with van der Waals surface area (Å²) in [7, 11) is 0. The molecule has 0 saturated carbocycles. The number of carbonyl (C=O) groups is 2. The second-order valence-electron chi connectivity index (χ2n) is 4.70. The molecule has 5 nitrogen and oxygen atoms in total. The fourth-order valence-corrected chi connectivity index (χ4v) is 2.43. The topological polar surface area (TPSA) is 69.6 Å². The van der Waals surface area contributed by atoms with Crippen molar-refractivity contribution >= 4 is 17.5 Å². The summed E-state index contributed by atoms with van der Waals surface area (Å²) in [4.78, 5) is 25.2. The Morgan fingerprint density at radius 2 is 2.11 bits per heavy atom. The van der Waals surface area contributed by atoms with Gasteiger partial charge in [0.1, 0.15) is 6.04 Å². The third-order valence-electron chi connectivity index (χ3n) is 3.34. The average molecular weight is 262 g/mol. The van der Waals surface area contributed by atoms with Crippen molar-refractivity contribution < 1.29 is 14.7 Å². The smallest absolute Gasteiger partial charge is 0.249 e. The number of aliphatic hydroxyl groups excluding tert-OH is 1. The van der Waals surface area contributed by atoms with Gasteiger partial charge in [-0.2, -0.15) is 0 Å². The van der Waals surface area contributed by atoms with Crippen LogP contribution in [-0.4, -0.2) is 29.5 Å². The highest BCUT2D eigenvalue weighted by atomic mass is 16.3. The molecule has 0 spiro atoms. The van der Waals surface area contributed by atoms with Crippen LogP contribution in [0.15, 0.2) is 24.3 Å². The Morgan fingerprint density at radius 3 is 2.74 bits per heavy atom. The van der Waals surface area contributed by atoms with Crippen LogP contribution in [0.5, 0.6) is 0 Å². The second kappa shape index (κ2) is 5.40. The minimum atomic E-state index is -0.645. The van der Waals surface area contributed by atoms with E-state index in [-0.39, 0.29) is 24.4 Å². The lowest BCUT2D eigenvalue weighted by Crippen LogP contribution is -2.58. The zero-order valence-electron chi connectivity index (χ0n) is 11.1. The highest BCUT2D eigenvalue weighted by Crippen LogP contribution is 2.29. The molecule has 0 radical (unpaired) electrons. The van der Waals surface area contributed by atoms with Crippen molar-refractivity contribution in [1.82, 2.24) is 5.32 Å². The van der Waals surface area contributed by atoms with Crippen LogP contribution in [-0.2, 0) is 9.59 Å². The first-order valence-electron chi connectivity index (χ1n) is 6.42. The maximum Gasteiger partial charge on any atom is 0.249 e. The fraction of sp³-hybridized carbons (Fsp3) is 0.429. The van der Waals surface area contributed by atoms with Gasteiger partial charge >= 0.3 is 0 Å². The quantitative estimate of drug-likeness (QED) is 0.797. The lowest BCUT2D eigenvalue weighted by Gasteiger charge is -2.36. The summed E-state index contributed by atoms with van der Waals surface area (Å²) in [6.45, 7) is 3.71. The van der Waals surface area contributed by atoms with Crippen molar-refractivity contribution in [2.24, 2.45) is 0 Å². The van der Waals surface area contributed by atoms with Crippen molar-refractivity contribution in [2.75, 3.05) is 11.4 Å². The van der Waals surface area contributed by atoms with E-state index in [9.17, 15) is 14.7 Å². The highest BCUT2D eigenvalue weighted by Gasteiger charge is 2.33. The largest absolute Gasteiger partial charge is 0.389 e. The van der Waals surface area contributed by atoms with Gasteiger partial charge in [-0.05, 0) is 19.4 Å². The van der Waals surface area contributed by atoms with Crippen LogP contribution in [0.25, 0.3) is 0 Å². The zero-order chi connectivity index (χ0) is 14.0. The minimum Gasteiger partial charge on any atom is -0.389 e. The number of para-hydroxylation sites is 1. The summed E-state index contributed by atoms with van der Waals surface area (Å²) in [6.07, 6.45) is -0.0402. The van der Waals surface area contributed by atoms with Gasteiger partial charge in [-0.3, -0.25) is 14.9 Å². The van der Waals surface area contributed by atoms with Gasteiger partial charge in [0, 0.05) is 11.3 Å². The summed E-state index contributed by atoms with van der Waals surface area (Å²) in [6, 6.07) is 6.93. The molecule has 1 heterocycles. The molecule has 1 saturated heterocycles. The number of rotatable bonds is 3. The predicted octanol–water partition coefficient (Wildman–Crippen LogP) is 0.981. The summed E-state index contributed by atoms with van der Waals surface area (Å²) in [5, 5.41) is 12.2. The van der Waals surface area contributed by atoms with Crippen molar-refractivity contribution in [3.8, 4) is 0 Å². The molecule has 2 atom stereocenters. The first kappa shape index (κ1) is 13.5. The maximum atomic E-state index is 11.9. The molecule has 1 aliphatic rings. The van der Waals surface area contributed by atoms with Gasteiger partial charge in [0.2, 0.25) is 11.8 Å². The molecule has 0 aliphatic carbocycles. The lowest BCUT2D eigenvalue weighted by molar-refractivity contribution is -0.132. The number of nitrogens with zero attached hydrogens (tertiary/aromatic N) is 1. The van der Waals surface area contributed by atoms with Gasteiger partial charge in [0.15, 0.2) is 0 Å². The fourth-order valence-electron chi connectivity index (χ4n) is 2.43. The molecule has 102 valence electrons. The van der Waals surface area contributed by atoms with Crippen LogP contribution >= 0.6 is 0 Å². The van der Waals surface area contributed by atoms with Crippen LogP contribution in [0.3, 0.4) is 0 Å². The standard InChI is InChI=1S/C14H18N2O3/c1-3-11-14(19)15-13(18)8-16(11)12-7-5-4-6-10(12)9(2)17/h4-7,9,11,17H,3,8H2,1-2H3,(H,15,18,19). The van der Waals surface area contributed by atoms with Gasteiger partial charge in [-0.15, -0.1) is 0 Å². The molecule has 5 heteroatoms. The Kier molecular flexibility index (Phi) is 3.85. The van der Waals surface area contributed by atoms with E-state index in [2.05, 4.69) is 5.32 Å². The molecule has 19 heavy (non-hydrogen) atoms. The van der Waals surface area contributed by atoms with E-state index in [4.69, 9.17) is 0 Å². The maximum absolute atomic E-state index is 11.9. The average Bonchev–Trinajstić information content (AvgIpc) is 2.37. The summed E-state index contributed by atoms with van der Waals surface area (Å²) in [5.41, 5.74) is 1.47. The molecular weight excluding hydrogens is 244 g/mol. The number of carbonyl (C=O) groups excluding carboxylic acids is 2. The van der Waals surface area contributed by atoms with E-state index in [1.807, 2.05) is 31.2 Å². The van der Waals surface area contributed by atoms with E-state index in [0.717, 1.165) is 11.3 Å². The molecule has 1 aliphatic heterocycles. The summed E-state index contributed by atoms with van der Waals surface area (Å²) >= 11 is 0. The molecule has 1 aromatic carbocycles. The van der Waals surface area contributed by atoms with Crippen LogP contribution in [0.2, 0.25) is 0 Å². The van der Waals surface area contributed by atoms with Crippen molar-refractivity contribution in [3.63, 3.8) is 0 Å². The summed E-state index contributed by atoms with van der Waals surface area (Å²) in [5.74, 6) is -0.589. The minimum absolute atomic E-state index is 0.133. The highest BCUT2D eigenvalue weighted by molar-refractivity contribution is 6.04. The third-order valence-corrected chi connectivity index (χ3v) is 3.34. The number of nitrogens with one attached hydrogen (secondary N) is 1. The summed E-state index contributed by atoms with van der Waals surface area (Å²) < 4.78 is 0. The number of imide groups is 1. The van der Waals surface area contributed by atoms with E-state index >= 15 is 0 Å². The first-order chi connectivity index (χ1) is 9.04. The number of piperazine rings is 1. The molecule has 0 aromatic heterocycles. The monoisotopic (exact) mass is 262 g/mol. The van der Waals surface area contributed by atoms with E-state index < -0.39 is 6.10 Å². The van der Waals surface area contributed by atoms with Crippen molar-refractivity contribution in [2.45, 2.75) is 32.4 Å². The lowest BCUT2D eigenvalue weighted by atomic mass is 10.0. The Hall–Kier alpha value is -1.88. The van der Waals surface area contributed by atoms with Crippen LogP contribution in [0.4, 0.5) is 5.69 Å². The van der Waals surface area contributed by atoms with E-state index in [1.54, 1.807) is 11.8 Å². The molecule has 2 amide bonds. The second-order valence-corrected chi connectivity index (χ2v) is 4.70. The Labute approximate surface area is 112 Å². The third kappa shape index (κ3) is 2.61. The van der Waals surface area contributed by atoms with Crippen LogP contribution in [0, 0.1) is 0 Å². The van der Waals surface area contributed by atoms with Gasteiger partial charge in [-0.1, -0.05) is 25.1 Å². The van der Waals surface area contributed by atoms with Crippen molar-refractivity contribution in [3.05, 3.63) is 29.8 Å². The van der Waals surface area contributed by atoms with Gasteiger partial charge in [0.05, 0.1) is 12.6 Å². The number of hydrogen-bond acceptors (Lipinski definition) is 4. The Balaban J connectivity index is 2.43. The van der Waals surface area contributed by atoms with Gasteiger partial charge in [0.25, 0.3) is 0 Å². The SMILES string of the molecule is CCC1C(=O)NC(=O)CN1c1ccccc1C(C)O. The van der Waals surface area contributed by atoms with E-state index in [0.29, 0.717) is 6.42 Å². The molecule has 1 aromatic rings.